The number of hydrogen-bond donors (Lipinski definition) is 1. The van der Waals surface area contributed by atoms with E-state index in [2.05, 4.69) is 4.98 Å². The molecular weight excluding hydrogens is 283 g/mol. The molecule has 0 atom stereocenters. The van der Waals surface area contributed by atoms with Crippen LogP contribution in [0.2, 0.25) is 0 Å². The zero-order valence-electron chi connectivity index (χ0n) is 12.0. The van der Waals surface area contributed by atoms with Gasteiger partial charge in [0.1, 0.15) is 11.5 Å². The summed E-state index contributed by atoms with van der Waals surface area (Å²) in [6, 6.07) is 2.40. The van der Waals surface area contributed by atoms with E-state index in [9.17, 15) is 13.2 Å². The lowest BCUT2D eigenvalue weighted by atomic mass is 10.1. The second kappa shape index (κ2) is 6.62. The summed E-state index contributed by atoms with van der Waals surface area (Å²) in [7, 11) is 0. The van der Waals surface area contributed by atoms with E-state index < -0.39 is 11.9 Å². The van der Waals surface area contributed by atoms with Crippen molar-refractivity contribution in [2.45, 2.75) is 38.6 Å². The molecule has 0 amide bonds. The number of alkyl halides is 3. The molecular formula is C14H20F3N3O. The molecule has 0 aliphatic carbocycles. The van der Waals surface area contributed by atoms with Gasteiger partial charge in [0.25, 0.3) is 0 Å². The molecule has 4 nitrogen and oxygen atoms in total. The lowest BCUT2D eigenvalue weighted by Gasteiger charge is -2.33. The zero-order chi connectivity index (χ0) is 15.5. The minimum atomic E-state index is -4.44. The Morgan fingerprint density at radius 3 is 2.52 bits per heavy atom. The summed E-state index contributed by atoms with van der Waals surface area (Å²) < 4.78 is 44.0. The fourth-order valence-electron chi connectivity index (χ4n) is 2.54. The van der Waals surface area contributed by atoms with Crippen LogP contribution >= 0.6 is 0 Å². The Labute approximate surface area is 122 Å². The SMILES string of the molecule is CCOC1CCN(c2nc(C(F)(F)F)ccc2CN)CC1. The third-order valence-corrected chi connectivity index (χ3v) is 3.61. The second-order valence-electron chi connectivity index (χ2n) is 5.02. The summed E-state index contributed by atoms with van der Waals surface area (Å²) in [5, 5.41) is 0. The van der Waals surface area contributed by atoms with Crippen molar-refractivity contribution in [2.24, 2.45) is 5.73 Å². The van der Waals surface area contributed by atoms with Crippen molar-refractivity contribution < 1.29 is 17.9 Å². The minimum Gasteiger partial charge on any atom is -0.378 e. The molecule has 2 heterocycles. The van der Waals surface area contributed by atoms with Crippen molar-refractivity contribution in [1.29, 1.82) is 0 Å². The van der Waals surface area contributed by atoms with E-state index in [1.165, 1.54) is 6.07 Å². The number of piperidine rings is 1. The van der Waals surface area contributed by atoms with Crippen LogP contribution in [0, 0.1) is 0 Å². The van der Waals surface area contributed by atoms with Crippen LogP contribution in [0.1, 0.15) is 31.0 Å². The fraction of sp³-hybridized carbons (Fsp3) is 0.643. The lowest BCUT2D eigenvalue weighted by Crippen LogP contribution is -2.38. The molecule has 0 saturated carbocycles. The van der Waals surface area contributed by atoms with E-state index >= 15 is 0 Å². The van der Waals surface area contributed by atoms with Crippen LogP contribution in [0.25, 0.3) is 0 Å². The molecule has 1 aliphatic rings. The Balaban J connectivity index is 2.18. The number of aromatic nitrogens is 1. The molecule has 7 heteroatoms. The van der Waals surface area contributed by atoms with Crippen molar-refractivity contribution in [3.05, 3.63) is 23.4 Å². The number of nitrogens with two attached hydrogens (primary N) is 1. The highest BCUT2D eigenvalue weighted by Gasteiger charge is 2.34. The third-order valence-electron chi connectivity index (χ3n) is 3.61. The van der Waals surface area contributed by atoms with Crippen LogP contribution in [0.3, 0.4) is 0 Å². The molecule has 21 heavy (non-hydrogen) atoms. The Hall–Kier alpha value is -1.34. The highest BCUT2D eigenvalue weighted by molar-refractivity contribution is 5.48. The molecule has 0 radical (unpaired) electrons. The molecule has 1 aliphatic heterocycles. The summed E-state index contributed by atoms with van der Waals surface area (Å²) in [6.07, 6.45) is -2.68. The molecule has 2 N–H and O–H groups in total. The summed E-state index contributed by atoms with van der Waals surface area (Å²) in [4.78, 5) is 5.66. The van der Waals surface area contributed by atoms with Crippen LogP contribution in [-0.4, -0.2) is 30.8 Å². The quantitative estimate of drug-likeness (QED) is 0.929. The average molecular weight is 303 g/mol. The largest absolute Gasteiger partial charge is 0.433 e. The number of hydrogen-bond acceptors (Lipinski definition) is 4. The Bertz CT molecular complexity index is 471. The maximum atomic E-state index is 12.8. The number of nitrogens with zero attached hydrogens (tertiary/aromatic N) is 2. The van der Waals surface area contributed by atoms with E-state index in [4.69, 9.17) is 10.5 Å². The molecule has 1 aromatic heterocycles. The van der Waals surface area contributed by atoms with Gasteiger partial charge < -0.3 is 15.4 Å². The van der Waals surface area contributed by atoms with Gasteiger partial charge in [-0.25, -0.2) is 4.98 Å². The average Bonchev–Trinajstić information content (AvgIpc) is 2.47. The van der Waals surface area contributed by atoms with E-state index in [0.717, 1.165) is 18.9 Å². The zero-order valence-corrected chi connectivity index (χ0v) is 12.0. The Morgan fingerprint density at radius 2 is 2.00 bits per heavy atom. The van der Waals surface area contributed by atoms with Crippen LogP contribution < -0.4 is 10.6 Å². The first-order valence-electron chi connectivity index (χ1n) is 7.09. The summed E-state index contributed by atoms with van der Waals surface area (Å²) in [5.74, 6) is 0.349. The van der Waals surface area contributed by atoms with Crippen LogP contribution in [0.4, 0.5) is 19.0 Å². The van der Waals surface area contributed by atoms with Gasteiger partial charge in [0, 0.05) is 31.8 Å². The molecule has 1 saturated heterocycles. The smallest absolute Gasteiger partial charge is 0.378 e. The normalized spacial score (nSPS) is 17.3. The predicted octanol–water partition coefficient (Wildman–Crippen LogP) is 2.56. The van der Waals surface area contributed by atoms with Crippen LogP contribution in [-0.2, 0) is 17.5 Å². The molecule has 2 rings (SSSR count). The molecule has 0 bridgehead atoms. The van der Waals surface area contributed by atoms with E-state index in [1.54, 1.807) is 0 Å². The first kappa shape index (κ1) is 16.0. The third kappa shape index (κ3) is 3.85. The first-order chi connectivity index (χ1) is 9.95. The number of rotatable bonds is 4. The van der Waals surface area contributed by atoms with E-state index in [1.807, 2.05) is 11.8 Å². The van der Waals surface area contributed by atoms with E-state index in [-0.39, 0.29) is 12.6 Å². The first-order valence-corrected chi connectivity index (χ1v) is 7.09. The standard InChI is InChI=1S/C14H20F3N3O/c1-2-21-11-5-7-20(8-6-11)13-10(9-18)3-4-12(19-13)14(15,16)17/h3-4,11H,2,5-9,18H2,1H3. The molecule has 0 unspecified atom stereocenters. The highest BCUT2D eigenvalue weighted by atomic mass is 19.4. The molecule has 1 aromatic rings. The monoisotopic (exact) mass is 303 g/mol. The molecule has 1 fully saturated rings. The maximum absolute atomic E-state index is 12.8. The number of ether oxygens (including phenoxy) is 1. The van der Waals surface area contributed by atoms with Gasteiger partial charge in [0.15, 0.2) is 0 Å². The summed E-state index contributed by atoms with van der Waals surface area (Å²) in [5.41, 5.74) is 5.38. The van der Waals surface area contributed by atoms with Crippen molar-refractivity contribution in [1.82, 2.24) is 4.98 Å². The van der Waals surface area contributed by atoms with Gasteiger partial charge >= 0.3 is 6.18 Å². The Morgan fingerprint density at radius 1 is 1.33 bits per heavy atom. The minimum absolute atomic E-state index is 0.172. The number of anilines is 1. The van der Waals surface area contributed by atoms with Gasteiger partial charge in [0.05, 0.1) is 6.10 Å². The van der Waals surface area contributed by atoms with Crippen molar-refractivity contribution >= 4 is 5.82 Å². The molecule has 118 valence electrons. The number of halogens is 3. The second-order valence-corrected chi connectivity index (χ2v) is 5.02. The van der Waals surface area contributed by atoms with Crippen LogP contribution in [0.15, 0.2) is 12.1 Å². The lowest BCUT2D eigenvalue weighted by molar-refractivity contribution is -0.141. The topological polar surface area (TPSA) is 51.4 Å². The molecule has 0 spiro atoms. The van der Waals surface area contributed by atoms with Gasteiger partial charge in [-0.1, -0.05) is 6.07 Å². The van der Waals surface area contributed by atoms with Crippen LogP contribution in [0.5, 0.6) is 0 Å². The highest BCUT2D eigenvalue weighted by Crippen LogP contribution is 2.31. The predicted molar refractivity (Wildman–Crippen MR) is 74.0 cm³/mol. The van der Waals surface area contributed by atoms with Crippen molar-refractivity contribution in [3.63, 3.8) is 0 Å². The van der Waals surface area contributed by atoms with E-state index in [0.29, 0.717) is 31.1 Å². The van der Waals surface area contributed by atoms with Gasteiger partial charge in [-0.3, -0.25) is 0 Å². The summed E-state index contributed by atoms with van der Waals surface area (Å²) in [6.45, 7) is 4.03. The molecule has 0 aromatic carbocycles. The maximum Gasteiger partial charge on any atom is 0.433 e. The van der Waals surface area contributed by atoms with Gasteiger partial charge in [-0.15, -0.1) is 0 Å². The number of pyridine rings is 1. The fourth-order valence-corrected chi connectivity index (χ4v) is 2.54. The van der Waals surface area contributed by atoms with Crippen molar-refractivity contribution in [2.75, 3.05) is 24.6 Å². The van der Waals surface area contributed by atoms with Gasteiger partial charge in [0.2, 0.25) is 0 Å². The Kier molecular flexibility index (Phi) is 5.05. The van der Waals surface area contributed by atoms with Crippen molar-refractivity contribution in [3.8, 4) is 0 Å². The van der Waals surface area contributed by atoms with Gasteiger partial charge in [-0.2, -0.15) is 13.2 Å². The van der Waals surface area contributed by atoms with Gasteiger partial charge in [-0.05, 0) is 25.8 Å². The summed E-state index contributed by atoms with van der Waals surface area (Å²) >= 11 is 0.